The van der Waals surface area contributed by atoms with Crippen LogP contribution in [0, 0.1) is 12.3 Å². The minimum Gasteiger partial charge on any atom is -0.480 e. The highest BCUT2D eigenvalue weighted by Crippen LogP contribution is 2.43. The zero-order valence-electron chi connectivity index (χ0n) is 26.4. The van der Waals surface area contributed by atoms with Gasteiger partial charge in [0, 0.05) is 43.5 Å². The smallest absolute Gasteiger partial charge is 0.429 e. The monoisotopic (exact) mass is 677 g/mol. The lowest BCUT2D eigenvalue weighted by Gasteiger charge is -2.39. The zero-order valence-corrected chi connectivity index (χ0v) is 26.4. The first-order valence-electron chi connectivity index (χ1n) is 15.6. The SMILES string of the molecule is Cc1ccn(-c2ccc(-c3cccc(/C=C/C(=O)O)c3)cc2[C@@H](Oc2cc(N3CCC4(CC3)CNC(C(=O)O)C4)nc(N)n2)C(F)(F)F)n1. The number of nitrogens with two attached hydrogens (primary N) is 1. The molecule has 6 rings (SSSR count). The highest BCUT2D eigenvalue weighted by Gasteiger charge is 2.46. The van der Waals surface area contributed by atoms with Gasteiger partial charge in [0.2, 0.25) is 17.9 Å². The highest BCUT2D eigenvalue weighted by molar-refractivity contribution is 5.85. The number of carbonyl (C=O) groups is 2. The van der Waals surface area contributed by atoms with E-state index in [2.05, 4.69) is 20.4 Å². The van der Waals surface area contributed by atoms with Crippen LogP contribution in [0.15, 0.2) is 66.9 Å². The summed E-state index contributed by atoms with van der Waals surface area (Å²) >= 11 is 0. The standard InChI is InChI=1S/C34H34F3N7O5/c1-20-9-12-44(42-20)26-7-6-23(22-4-2-3-21(15-22)5-8-29(45)46)16-24(26)30(34(35,36)37)49-28-17-27(40-32(38)41-28)43-13-10-33(11-14-43)18-25(31(47)48)39-19-33/h2-9,12,15-17,25,30,39H,10-11,13-14,18-19H2,1H3,(H,45,46)(H,47,48)(H2,38,40,41)/b8-5+/t25?,30-/m1/s1. The predicted molar refractivity (Wildman–Crippen MR) is 174 cm³/mol. The minimum absolute atomic E-state index is 0.134. The number of carboxylic acid groups (broad SMARTS) is 2. The number of nitrogens with zero attached hydrogens (tertiary/aromatic N) is 5. The number of alkyl halides is 3. The fourth-order valence-corrected chi connectivity index (χ4v) is 6.45. The van der Waals surface area contributed by atoms with Crippen LogP contribution in [0.5, 0.6) is 5.88 Å². The van der Waals surface area contributed by atoms with Crippen LogP contribution in [0.3, 0.4) is 0 Å². The number of carboxylic acids is 2. The van der Waals surface area contributed by atoms with Gasteiger partial charge in [-0.05, 0) is 78.6 Å². The molecule has 15 heteroatoms. The second-order valence-electron chi connectivity index (χ2n) is 12.4. The molecule has 0 bridgehead atoms. The van der Waals surface area contributed by atoms with E-state index in [4.69, 9.17) is 15.6 Å². The minimum atomic E-state index is -4.91. The highest BCUT2D eigenvalue weighted by atomic mass is 19.4. The number of aromatic nitrogens is 4. The van der Waals surface area contributed by atoms with Crippen LogP contribution >= 0.6 is 0 Å². The van der Waals surface area contributed by atoms with Crippen molar-refractivity contribution >= 4 is 29.8 Å². The van der Waals surface area contributed by atoms with Crippen molar-refractivity contribution in [2.24, 2.45) is 5.41 Å². The van der Waals surface area contributed by atoms with Gasteiger partial charge in [-0.25, -0.2) is 9.48 Å². The number of aliphatic carboxylic acids is 2. The van der Waals surface area contributed by atoms with Crippen molar-refractivity contribution in [3.05, 3.63) is 83.7 Å². The Bertz CT molecular complexity index is 1900. The molecule has 0 radical (unpaired) electrons. The van der Waals surface area contributed by atoms with Gasteiger partial charge in [0.05, 0.1) is 11.4 Å². The number of rotatable bonds is 9. The van der Waals surface area contributed by atoms with Crippen molar-refractivity contribution < 1.29 is 37.7 Å². The van der Waals surface area contributed by atoms with Crippen LogP contribution < -0.4 is 20.7 Å². The lowest BCUT2D eigenvalue weighted by Crippen LogP contribution is -2.41. The first-order valence-corrected chi connectivity index (χ1v) is 15.6. The number of anilines is 2. The molecule has 256 valence electrons. The van der Waals surface area contributed by atoms with Crippen LogP contribution in [0.1, 0.15) is 42.2 Å². The molecule has 5 N–H and O–H groups in total. The molecule has 2 fully saturated rings. The first kappa shape index (κ1) is 33.5. The lowest BCUT2D eigenvalue weighted by molar-refractivity contribution is -0.198. The van der Waals surface area contributed by atoms with E-state index < -0.39 is 30.3 Å². The summed E-state index contributed by atoms with van der Waals surface area (Å²) in [6.07, 6.45) is -1.63. The quantitative estimate of drug-likeness (QED) is 0.175. The van der Waals surface area contributed by atoms with Crippen LogP contribution in [0.4, 0.5) is 24.9 Å². The van der Waals surface area contributed by atoms with E-state index in [1.807, 2.05) is 4.90 Å². The van der Waals surface area contributed by atoms with Gasteiger partial charge in [-0.1, -0.05) is 24.3 Å². The third-order valence-electron chi connectivity index (χ3n) is 8.97. The summed E-state index contributed by atoms with van der Waals surface area (Å²) in [6, 6.07) is 13.7. The molecule has 1 unspecified atom stereocenters. The maximum Gasteiger partial charge on any atom is 0.429 e. The molecule has 0 saturated carbocycles. The van der Waals surface area contributed by atoms with Crippen LogP contribution in [0.2, 0.25) is 0 Å². The van der Waals surface area contributed by atoms with Crippen LogP contribution in [0.25, 0.3) is 22.9 Å². The maximum atomic E-state index is 15.0. The topological polar surface area (TPSA) is 169 Å². The lowest BCUT2D eigenvalue weighted by atomic mass is 9.76. The van der Waals surface area contributed by atoms with Gasteiger partial charge in [0.15, 0.2) is 0 Å². The van der Waals surface area contributed by atoms with Crippen molar-refractivity contribution in [3.63, 3.8) is 0 Å². The number of hydrogen-bond acceptors (Lipinski definition) is 9. The van der Waals surface area contributed by atoms with Gasteiger partial charge in [0.25, 0.3) is 0 Å². The number of benzene rings is 2. The molecule has 0 amide bonds. The van der Waals surface area contributed by atoms with E-state index in [-0.39, 0.29) is 28.5 Å². The Kier molecular flexibility index (Phi) is 9.03. The summed E-state index contributed by atoms with van der Waals surface area (Å²) in [5.74, 6) is -2.34. The number of nitrogen functional groups attached to an aromatic ring is 1. The molecule has 2 atom stereocenters. The Morgan fingerprint density at radius 2 is 1.84 bits per heavy atom. The Morgan fingerprint density at radius 1 is 1.08 bits per heavy atom. The van der Waals surface area contributed by atoms with Gasteiger partial charge in [-0.3, -0.25) is 4.79 Å². The Morgan fingerprint density at radius 3 is 2.49 bits per heavy atom. The van der Waals surface area contributed by atoms with E-state index in [0.717, 1.165) is 6.08 Å². The molecular weight excluding hydrogens is 643 g/mol. The summed E-state index contributed by atoms with van der Waals surface area (Å²) in [7, 11) is 0. The normalized spacial score (nSPS) is 18.2. The molecule has 49 heavy (non-hydrogen) atoms. The summed E-state index contributed by atoms with van der Waals surface area (Å²) in [5.41, 5.74) is 7.85. The molecule has 2 aliphatic rings. The van der Waals surface area contributed by atoms with E-state index in [1.165, 1.54) is 29.0 Å². The molecule has 2 saturated heterocycles. The number of ether oxygens (including phenoxy) is 1. The maximum absolute atomic E-state index is 15.0. The van der Waals surface area contributed by atoms with Crippen molar-refractivity contribution in [3.8, 4) is 22.7 Å². The van der Waals surface area contributed by atoms with Gasteiger partial charge in [-0.2, -0.15) is 28.2 Å². The van der Waals surface area contributed by atoms with Gasteiger partial charge >= 0.3 is 18.1 Å². The Balaban J connectivity index is 1.33. The largest absolute Gasteiger partial charge is 0.480 e. The molecule has 2 aliphatic heterocycles. The fraction of sp³-hybridized carbons (Fsp3) is 0.324. The molecule has 1 spiro atoms. The van der Waals surface area contributed by atoms with E-state index in [0.29, 0.717) is 67.1 Å². The average molecular weight is 678 g/mol. The summed E-state index contributed by atoms with van der Waals surface area (Å²) in [5, 5.41) is 25.8. The molecule has 2 aromatic carbocycles. The van der Waals surface area contributed by atoms with E-state index >= 15 is 13.2 Å². The second kappa shape index (κ2) is 13.2. The number of nitrogens with one attached hydrogen (secondary N) is 1. The number of halogens is 3. The van der Waals surface area contributed by atoms with Crippen molar-refractivity contribution in [2.45, 2.75) is 44.5 Å². The van der Waals surface area contributed by atoms with Crippen molar-refractivity contribution in [1.82, 2.24) is 25.1 Å². The number of aryl methyl sites for hydroxylation is 1. The molecule has 4 heterocycles. The van der Waals surface area contributed by atoms with Gasteiger partial charge in [0.1, 0.15) is 11.9 Å². The summed E-state index contributed by atoms with van der Waals surface area (Å²) in [6.45, 7) is 3.29. The third kappa shape index (κ3) is 7.51. The second-order valence-corrected chi connectivity index (χ2v) is 12.4. The fourth-order valence-electron chi connectivity index (χ4n) is 6.45. The molecule has 2 aromatic heterocycles. The predicted octanol–water partition coefficient (Wildman–Crippen LogP) is 5.03. The summed E-state index contributed by atoms with van der Waals surface area (Å²) in [4.78, 5) is 32.7. The molecule has 4 aromatic rings. The Labute approximate surface area is 279 Å². The van der Waals surface area contributed by atoms with Crippen molar-refractivity contribution in [1.29, 1.82) is 0 Å². The number of hydrogen-bond donors (Lipinski definition) is 4. The van der Waals surface area contributed by atoms with Gasteiger partial charge < -0.3 is 30.9 Å². The van der Waals surface area contributed by atoms with Crippen molar-refractivity contribution in [2.75, 3.05) is 30.3 Å². The molecular formula is C34H34F3N7O5. The third-order valence-corrected chi connectivity index (χ3v) is 8.97. The first-order chi connectivity index (χ1) is 23.3. The van der Waals surface area contributed by atoms with Crippen LogP contribution in [-0.2, 0) is 9.59 Å². The average Bonchev–Trinajstić information content (AvgIpc) is 3.68. The summed E-state index contributed by atoms with van der Waals surface area (Å²) < 4.78 is 52.1. The zero-order chi connectivity index (χ0) is 34.9. The molecule has 0 aliphatic carbocycles. The van der Waals surface area contributed by atoms with E-state index in [1.54, 1.807) is 49.5 Å². The number of piperidine rings is 1. The van der Waals surface area contributed by atoms with Crippen LogP contribution in [-0.4, -0.2) is 73.8 Å². The van der Waals surface area contributed by atoms with Gasteiger partial charge in [-0.15, -0.1) is 0 Å². The Hall–Kier alpha value is -5.44. The van der Waals surface area contributed by atoms with E-state index in [9.17, 15) is 14.7 Å². The molecule has 12 nitrogen and oxygen atoms in total.